The average molecular weight is 258 g/mol. The van der Waals surface area contributed by atoms with E-state index in [1.807, 2.05) is 37.3 Å². The van der Waals surface area contributed by atoms with E-state index in [2.05, 4.69) is 17.4 Å². The quantitative estimate of drug-likeness (QED) is 0.896. The fourth-order valence-electron chi connectivity index (χ4n) is 1.88. The normalized spacial score (nSPS) is 12.1. The van der Waals surface area contributed by atoms with Crippen molar-refractivity contribution in [3.05, 3.63) is 53.4 Å². The van der Waals surface area contributed by atoms with Crippen LogP contribution in [0.1, 0.15) is 48.1 Å². The molecule has 4 nitrogen and oxygen atoms in total. The summed E-state index contributed by atoms with van der Waals surface area (Å²) in [4.78, 5) is 12.0. The van der Waals surface area contributed by atoms with Gasteiger partial charge >= 0.3 is 0 Å². The van der Waals surface area contributed by atoms with E-state index in [4.69, 9.17) is 4.52 Å². The molecular weight excluding hydrogens is 240 g/mol. The van der Waals surface area contributed by atoms with E-state index in [0.717, 1.165) is 24.2 Å². The van der Waals surface area contributed by atoms with E-state index >= 15 is 0 Å². The number of rotatable bonds is 5. The summed E-state index contributed by atoms with van der Waals surface area (Å²) in [5.74, 6) is 0.544. The van der Waals surface area contributed by atoms with Crippen LogP contribution in [0.15, 0.2) is 40.9 Å². The first kappa shape index (κ1) is 13.3. The molecule has 1 aromatic carbocycles. The highest BCUT2D eigenvalue weighted by Crippen LogP contribution is 2.13. The molecule has 1 heterocycles. The van der Waals surface area contributed by atoms with Gasteiger partial charge < -0.3 is 9.84 Å². The Morgan fingerprint density at radius 1 is 1.37 bits per heavy atom. The molecule has 4 heteroatoms. The Balaban J connectivity index is 2.00. The first-order valence-corrected chi connectivity index (χ1v) is 6.52. The van der Waals surface area contributed by atoms with Gasteiger partial charge in [0.05, 0.1) is 6.04 Å². The van der Waals surface area contributed by atoms with Crippen LogP contribution in [0.5, 0.6) is 0 Å². The lowest BCUT2D eigenvalue weighted by atomic mass is 10.1. The molecule has 0 bridgehead atoms. The number of hydrogen-bond acceptors (Lipinski definition) is 3. The van der Waals surface area contributed by atoms with Gasteiger partial charge in [0.15, 0.2) is 5.69 Å². The molecule has 0 saturated heterocycles. The zero-order valence-electron chi connectivity index (χ0n) is 11.2. The summed E-state index contributed by atoms with van der Waals surface area (Å²) in [6.45, 7) is 4.00. The fourth-order valence-corrected chi connectivity index (χ4v) is 1.88. The zero-order chi connectivity index (χ0) is 13.7. The Kier molecular flexibility index (Phi) is 4.34. The van der Waals surface area contributed by atoms with Crippen molar-refractivity contribution in [1.29, 1.82) is 0 Å². The molecule has 2 aromatic rings. The lowest BCUT2D eigenvalue weighted by Crippen LogP contribution is -2.26. The first-order chi connectivity index (χ1) is 9.20. The van der Waals surface area contributed by atoms with Crippen LogP contribution < -0.4 is 5.32 Å². The Labute approximate surface area is 112 Å². The Bertz CT molecular complexity index is 534. The van der Waals surface area contributed by atoms with Crippen LogP contribution in [0, 0.1) is 0 Å². The van der Waals surface area contributed by atoms with Crippen molar-refractivity contribution in [2.75, 3.05) is 0 Å². The highest BCUT2D eigenvalue weighted by atomic mass is 16.5. The van der Waals surface area contributed by atoms with Crippen molar-refractivity contribution in [1.82, 2.24) is 10.5 Å². The third-order valence-electron chi connectivity index (χ3n) is 2.94. The van der Waals surface area contributed by atoms with Gasteiger partial charge in [-0.05, 0) is 18.9 Å². The lowest BCUT2D eigenvalue weighted by Gasteiger charge is -2.12. The molecular formula is C15H18N2O2. The van der Waals surface area contributed by atoms with E-state index in [-0.39, 0.29) is 11.9 Å². The molecule has 19 heavy (non-hydrogen) atoms. The van der Waals surface area contributed by atoms with Crippen LogP contribution >= 0.6 is 0 Å². The highest BCUT2D eigenvalue weighted by molar-refractivity contribution is 5.92. The number of carbonyl (C=O) groups is 1. The van der Waals surface area contributed by atoms with Crippen molar-refractivity contribution in [2.45, 2.75) is 32.7 Å². The van der Waals surface area contributed by atoms with Crippen molar-refractivity contribution in [3.8, 4) is 0 Å². The van der Waals surface area contributed by atoms with Gasteiger partial charge in [0.25, 0.3) is 5.91 Å². The number of carbonyl (C=O) groups excluding carboxylic acids is 1. The van der Waals surface area contributed by atoms with Crippen LogP contribution in [-0.2, 0) is 6.42 Å². The Hall–Kier alpha value is -2.10. The SMILES string of the molecule is CCCc1cc(C(=O)N[C@H](C)c2ccccc2)no1. The second kappa shape index (κ2) is 6.18. The number of nitrogens with zero attached hydrogens (tertiary/aromatic N) is 1. The molecule has 0 aliphatic rings. The molecule has 0 aliphatic carbocycles. The Morgan fingerprint density at radius 2 is 2.11 bits per heavy atom. The van der Waals surface area contributed by atoms with Gasteiger partial charge in [-0.3, -0.25) is 4.79 Å². The van der Waals surface area contributed by atoms with Crippen LogP contribution in [0.4, 0.5) is 0 Å². The molecule has 1 atom stereocenters. The van der Waals surface area contributed by atoms with Gasteiger partial charge in [0, 0.05) is 12.5 Å². The number of nitrogens with one attached hydrogen (secondary N) is 1. The van der Waals surface area contributed by atoms with Crippen molar-refractivity contribution < 1.29 is 9.32 Å². The van der Waals surface area contributed by atoms with E-state index in [9.17, 15) is 4.79 Å². The van der Waals surface area contributed by atoms with Gasteiger partial charge in [-0.1, -0.05) is 42.4 Å². The third kappa shape index (κ3) is 3.44. The molecule has 0 saturated carbocycles. The predicted molar refractivity (Wildman–Crippen MR) is 72.8 cm³/mol. The summed E-state index contributed by atoms with van der Waals surface area (Å²) >= 11 is 0. The summed E-state index contributed by atoms with van der Waals surface area (Å²) in [6.07, 6.45) is 1.77. The highest BCUT2D eigenvalue weighted by Gasteiger charge is 2.15. The van der Waals surface area contributed by atoms with Gasteiger partial charge in [-0.2, -0.15) is 0 Å². The molecule has 0 aliphatic heterocycles. The maximum absolute atomic E-state index is 12.0. The summed E-state index contributed by atoms with van der Waals surface area (Å²) in [5.41, 5.74) is 1.40. The van der Waals surface area contributed by atoms with Gasteiger partial charge in [0.1, 0.15) is 5.76 Å². The second-order valence-electron chi connectivity index (χ2n) is 4.53. The van der Waals surface area contributed by atoms with Crippen molar-refractivity contribution >= 4 is 5.91 Å². The van der Waals surface area contributed by atoms with Crippen molar-refractivity contribution in [3.63, 3.8) is 0 Å². The smallest absolute Gasteiger partial charge is 0.273 e. The molecule has 1 N–H and O–H groups in total. The topological polar surface area (TPSA) is 55.1 Å². The number of hydrogen-bond donors (Lipinski definition) is 1. The maximum atomic E-state index is 12.0. The maximum Gasteiger partial charge on any atom is 0.273 e. The van der Waals surface area contributed by atoms with Crippen LogP contribution in [0.25, 0.3) is 0 Å². The average Bonchev–Trinajstić information content (AvgIpc) is 2.89. The largest absolute Gasteiger partial charge is 0.361 e. The molecule has 1 aromatic heterocycles. The van der Waals surface area contributed by atoms with Gasteiger partial charge in [-0.25, -0.2) is 0 Å². The number of benzene rings is 1. The third-order valence-corrected chi connectivity index (χ3v) is 2.94. The monoisotopic (exact) mass is 258 g/mol. The van der Waals surface area contributed by atoms with Crippen molar-refractivity contribution in [2.24, 2.45) is 0 Å². The number of amides is 1. The minimum Gasteiger partial charge on any atom is -0.361 e. The first-order valence-electron chi connectivity index (χ1n) is 6.52. The second-order valence-corrected chi connectivity index (χ2v) is 4.53. The minimum atomic E-state index is -0.206. The molecule has 0 fully saturated rings. The molecule has 2 rings (SSSR count). The minimum absolute atomic E-state index is 0.0555. The van der Waals surface area contributed by atoms with Crippen LogP contribution in [-0.4, -0.2) is 11.1 Å². The summed E-state index contributed by atoms with van der Waals surface area (Å²) in [6, 6.07) is 11.5. The van der Waals surface area contributed by atoms with Crippen LogP contribution in [0.3, 0.4) is 0 Å². The number of aromatic nitrogens is 1. The summed E-state index contributed by atoms with van der Waals surface area (Å²) in [5, 5.41) is 6.70. The van der Waals surface area contributed by atoms with Gasteiger partial charge in [-0.15, -0.1) is 0 Å². The predicted octanol–water partition coefficient (Wildman–Crippen LogP) is 3.12. The van der Waals surface area contributed by atoms with Crippen LogP contribution in [0.2, 0.25) is 0 Å². The van der Waals surface area contributed by atoms with E-state index in [1.165, 1.54) is 0 Å². The van der Waals surface area contributed by atoms with E-state index in [0.29, 0.717) is 5.69 Å². The lowest BCUT2D eigenvalue weighted by molar-refractivity contribution is 0.0930. The molecule has 0 spiro atoms. The molecule has 1 amide bonds. The fraction of sp³-hybridized carbons (Fsp3) is 0.333. The summed E-state index contributed by atoms with van der Waals surface area (Å²) < 4.78 is 5.10. The number of aryl methyl sites for hydroxylation is 1. The molecule has 100 valence electrons. The zero-order valence-corrected chi connectivity index (χ0v) is 11.2. The van der Waals surface area contributed by atoms with E-state index in [1.54, 1.807) is 6.07 Å². The van der Waals surface area contributed by atoms with Gasteiger partial charge in [0.2, 0.25) is 0 Å². The molecule has 0 radical (unpaired) electrons. The Morgan fingerprint density at radius 3 is 2.79 bits per heavy atom. The van der Waals surface area contributed by atoms with E-state index < -0.39 is 0 Å². The molecule has 0 unspecified atom stereocenters. The summed E-state index contributed by atoms with van der Waals surface area (Å²) in [7, 11) is 0. The standard InChI is InChI=1S/C15H18N2O2/c1-3-7-13-10-14(17-19-13)15(18)16-11(2)12-8-5-4-6-9-12/h4-6,8-11H,3,7H2,1-2H3,(H,16,18)/t11-/m1/s1.